The fraction of sp³-hybridized carbons (Fsp3) is 0.0909. The molecule has 0 fully saturated rings. The number of anilines is 1. The standard InChI is InChI=1S/C11H10N2O3S/c1-2-17(15,16)10-5-3-9(4-6-10)13-11(14)7-8-12-13/h2-6,8H,1,7H2. The van der Waals surface area contributed by atoms with Gasteiger partial charge < -0.3 is 0 Å². The predicted molar refractivity (Wildman–Crippen MR) is 64.4 cm³/mol. The molecule has 0 aliphatic carbocycles. The fourth-order valence-electron chi connectivity index (χ4n) is 1.44. The molecular formula is C11H10N2O3S. The smallest absolute Gasteiger partial charge is 0.252 e. The summed E-state index contributed by atoms with van der Waals surface area (Å²) in [6, 6.07) is 5.93. The van der Waals surface area contributed by atoms with E-state index in [0.717, 1.165) is 5.41 Å². The van der Waals surface area contributed by atoms with Crippen LogP contribution in [-0.4, -0.2) is 20.5 Å². The second-order valence-electron chi connectivity index (χ2n) is 3.41. The SMILES string of the molecule is C=CS(=O)(=O)c1ccc(N2N=CCC2=O)cc1. The first-order valence-electron chi connectivity index (χ1n) is 4.87. The van der Waals surface area contributed by atoms with Gasteiger partial charge in [-0.3, -0.25) is 4.79 Å². The van der Waals surface area contributed by atoms with E-state index in [4.69, 9.17) is 0 Å². The van der Waals surface area contributed by atoms with Gasteiger partial charge in [-0.2, -0.15) is 5.10 Å². The normalized spacial score (nSPS) is 15.3. The van der Waals surface area contributed by atoms with Crippen molar-refractivity contribution in [3.63, 3.8) is 0 Å². The predicted octanol–water partition coefficient (Wildman–Crippen LogP) is 1.33. The van der Waals surface area contributed by atoms with Gasteiger partial charge in [0.1, 0.15) is 0 Å². The van der Waals surface area contributed by atoms with Crippen LogP contribution in [-0.2, 0) is 14.6 Å². The second-order valence-corrected chi connectivity index (χ2v) is 5.31. The molecule has 5 nitrogen and oxygen atoms in total. The first kappa shape index (κ1) is 11.5. The van der Waals surface area contributed by atoms with E-state index in [1.165, 1.54) is 35.5 Å². The van der Waals surface area contributed by atoms with Crippen LogP contribution in [0.3, 0.4) is 0 Å². The van der Waals surface area contributed by atoms with Crippen molar-refractivity contribution >= 4 is 27.6 Å². The molecule has 0 saturated carbocycles. The van der Waals surface area contributed by atoms with E-state index < -0.39 is 9.84 Å². The van der Waals surface area contributed by atoms with Crippen molar-refractivity contribution < 1.29 is 13.2 Å². The Hall–Kier alpha value is -1.95. The first-order valence-corrected chi connectivity index (χ1v) is 6.42. The number of amides is 1. The molecule has 0 spiro atoms. The van der Waals surface area contributed by atoms with Gasteiger partial charge in [-0.25, -0.2) is 13.4 Å². The molecule has 17 heavy (non-hydrogen) atoms. The number of benzene rings is 1. The van der Waals surface area contributed by atoms with Crippen molar-refractivity contribution in [2.24, 2.45) is 5.10 Å². The number of hydrogen-bond acceptors (Lipinski definition) is 4. The van der Waals surface area contributed by atoms with Gasteiger partial charge in [-0.05, 0) is 24.3 Å². The number of carbonyl (C=O) groups is 1. The van der Waals surface area contributed by atoms with Crippen molar-refractivity contribution in [1.82, 2.24) is 0 Å². The Morgan fingerprint density at radius 3 is 2.41 bits per heavy atom. The van der Waals surface area contributed by atoms with E-state index in [1.54, 1.807) is 0 Å². The molecule has 1 aromatic rings. The third-order valence-corrected chi connectivity index (χ3v) is 3.70. The molecule has 1 heterocycles. The zero-order valence-corrected chi connectivity index (χ0v) is 9.72. The average Bonchev–Trinajstić information content (AvgIpc) is 2.76. The number of rotatable bonds is 3. The van der Waals surface area contributed by atoms with E-state index in [1.807, 2.05) is 0 Å². The number of sulfone groups is 1. The summed E-state index contributed by atoms with van der Waals surface area (Å²) in [6.07, 6.45) is 1.78. The molecule has 2 rings (SSSR count). The van der Waals surface area contributed by atoms with Crippen LogP contribution >= 0.6 is 0 Å². The highest BCUT2D eigenvalue weighted by molar-refractivity contribution is 7.94. The maximum absolute atomic E-state index is 11.5. The monoisotopic (exact) mass is 250 g/mol. The van der Waals surface area contributed by atoms with E-state index in [2.05, 4.69) is 11.7 Å². The minimum Gasteiger partial charge on any atom is -0.272 e. The Morgan fingerprint density at radius 2 is 1.94 bits per heavy atom. The van der Waals surface area contributed by atoms with Gasteiger partial charge in [0.2, 0.25) is 0 Å². The van der Waals surface area contributed by atoms with Crippen molar-refractivity contribution in [1.29, 1.82) is 0 Å². The van der Waals surface area contributed by atoms with Gasteiger partial charge in [0.25, 0.3) is 5.91 Å². The lowest BCUT2D eigenvalue weighted by molar-refractivity contribution is -0.116. The quantitative estimate of drug-likeness (QED) is 0.812. The summed E-state index contributed by atoms with van der Waals surface area (Å²) in [7, 11) is -3.43. The van der Waals surface area contributed by atoms with Crippen molar-refractivity contribution in [3.8, 4) is 0 Å². The zero-order valence-electron chi connectivity index (χ0n) is 8.91. The highest BCUT2D eigenvalue weighted by Crippen LogP contribution is 2.21. The molecule has 0 bridgehead atoms. The number of hydrazone groups is 1. The van der Waals surface area contributed by atoms with E-state index in [9.17, 15) is 13.2 Å². The highest BCUT2D eigenvalue weighted by atomic mass is 32.2. The van der Waals surface area contributed by atoms with Crippen LogP contribution in [0.1, 0.15) is 6.42 Å². The summed E-state index contributed by atoms with van der Waals surface area (Å²) in [4.78, 5) is 11.5. The molecule has 0 atom stereocenters. The molecule has 88 valence electrons. The summed E-state index contributed by atoms with van der Waals surface area (Å²) in [6.45, 7) is 3.24. The molecule has 1 amide bonds. The van der Waals surface area contributed by atoms with Gasteiger partial charge >= 0.3 is 0 Å². The van der Waals surface area contributed by atoms with Crippen molar-refractivity contribution in [3.05, 3.63) is 36.3 Å². The molecule has 0 aromatic heterocycles. The van der Waals surface area contributed by atoms with Gasteiger partial charge in [-0.1, -0.05) is 6.58 Å². The third kappa shape index (κ3) is 2.12. The summed E-state index contributed by atoms with van der Waals surface area (Å²) in [5.41, 5.74) is 0.548. The summed E-state index contributed by atoms with van der Waals surface area (Å²) in [5, 5.41) is 6.02. The van der Waals surface area contributed by atoms with Gasteiger partial charge in [0.05, 0.1) is 17.0 Å². The van der Waals surface area contributed by atoms with Crippen LogP contribution in [0, 0.1) is 0 Å². The highest BCUT2D eigenvalue weighted by Gasteiger charge is 2.19. The minimum atomic E-state index is -3.43. The van der Waals surface area contributed by atoms with Gasteiger partial charge in [-0.15, -0.1) is 0 Å². The maximum atomic E-state index is 11.5. The van der Waals surface area contributed by atoms with Crippen LogP contribution in [0.4, 0.5) is 5.69 Å². The summed E-state index contributed by atoms with van der Waals surface area (Å²) >= 11 is 0. The molecule has 0 radical (unpaired) electrons. The van der Waals surface area contributed by atoms with E-state index in [0.29, 0.717) is 5.69 Å². The largest absolute Gasteiger partial charge is 0.272 e. The zero-order chi connectivity index (χ0) is 12.5. The molecule has 1 aliphatic heterocycles. The van der Waals surface area contributed by atoms with Crippen LogP contribution in [0.25, 0.3) is 0 Å². The lowest BCUT2D eigenvalue weighted by Gasteiger charge is -2.11. The number of nitrogens with zero attached hydrogens (tertiary/aromatic N) is 2. The summed E-state index contributed by atoms with van der Waals surface area (Å²) in [5.74, 6) is -0.135. The van der Waals surface area contributed by atoms with Crippen LogP contribution in [0.5, 0.6) is 0 Å². The first-order chi connectivity index (χ1) is 8.04. The van der Waals surface area contributed by atoms with Crippen LogP contribution in [0.2, 0.25) is 0 Å². The van der Waals surface area contributed by atoms with Gasteiger partial charge in [0.15, 0.2) is 9.84 Å². The molecule has 0 saturated heterocycles. The Labute approximate surface area is 99.0 Å². The molecular weight excluding hydrogens is 240 g/mol. The molecule has 0 N–H and O–H groups in total. The van der Waals surface area contributed by atoms with Crippen LogP contribution in [0.15, 0.2) is 46.2 Å². The number of carbonyl (C=O) groups excluding carboxylic acids is 1. The molecule has 6 heteroatoms. The van der Waals surface area contributed by atoms with Crippen molar-refractivity contribution in [2.75, 3.05) is 5.01 Å². The average molecular weight is 250 g/mol. The fourth-order valence-corrected chi connectivity index (χ4v) is 2.14. The molecule has 1 aliphatic rings. The lowest BCUT2D eigenvalue weighted by Crippen LogP contribution is -2.19. The second kappa shape index (κ2) is 4.14. The Morgan fingerprint density at radius 1 is 1.29 bits per heavy atom. The topological polar surface area (TPSA) is 66.8 Å². The van der Waals surface area contributed by atoms with Crippen molar-refractivity contribution in [2.45, 2.75) is 11.3 Å². The third-order valence-electron chi connectivity index (χ3n) is 2.33. The van der Waals surface area contributed by atoms with E-state index >= 15 is 0 Å². The van der Waals surface area contributed by atoms with Crippen LogP contribution < -0.4 is 5.01 Å². The Balaban J connectivity index is 2.34. The minimum absolute atomic E-state index is 0.135. The molecule has 1 aromatic carbocycles. The van der Waals surface area contributed by atoms with Gasteiger partial charge in [0, 0.05) is 11.6 Å². The summed E-state index contributed by atoms with van der Waals surface area (Å²) < 4.78 is 22.9. The van der Waals surface area contributed by atoms with E-state index in [-0.39, 0.29) is 17.2 Å². The Kier molecular flexibility index (Phi) is 2.81. The lowest BCUT2D eigenvalue weighted by atomic mass is 10.3. The molecule has 0 unspecified atom stereocenters. The number of hydrogen-bond donors (Lipinski definition) is 0. The maximum Gasteiger partial charge on any atom is 0.252 e. The Bertz CT molecular complexity index is 588.